The van der Waals surface area contributed by atoms with Crippen molar-refractivity contribution in [3.05, 3.63) is 59.1 Å². The zero-order chi connectivity index (χ0) is 20.1. The first-order valence-electron chi connectivity index (χ1n) is 9.72. The van der Waals surface area contributed by atoms with E-state index in [0.29, 0.717) is 23.5 Å². The minimum Gasteiger partial charge on any atom is -0.493 e. The van der Waals surface area contributed by atoms with Crippen LogP contribution in [0.2, 0.25) is 5.02 Å². The van der Waals surface area contributed by atoms with Gasteiger partial charge in [0, 0.05) is 36.3 Å². The molecule has 28 heavy (non-hydrogen) atoms. The molecule has 0 radical (unpaired) electrons. The van der Waals surface area contributed by atoms with E-state index >= 15 is 0 Å². The summed E-state index contributed by atoms with van der Waals surface area (Å²) in [5.74, 6) is 1.20. The summed E-state index contributed by atoms with van der Waals surface area (Å²) in [6, 6.07) is 15.3. The summed E-state index contributed by atoms with van der Waals surface area (Å²) < 4.78 is 29.0. The molecule has 0 saturated carbocycles. The third kappa shape index (κ3) is 5.97. The third-order valence-electron chi connectivity index (χ3n) is 5.42. The van der Waals surface area contributed by atoms with Crippen molar-refractivity contribution < 1.29 is 13.2 Å². The lowest BCUT2D eigenvalue weighted by Gasteiger charge is -2.38. The number of nitrogens with zero attached hydrogens (tertiary/aromatic N) is 1. The number of piperidine rings is 1. The molecular weight excluding hydrogens is 394 g/mol. The Bertz CT molecular complexity index is 883. The molecule has 0 aromatic heterocycles. The number of likely N-dealkylation sites (tertiary alicyclic amines) is 1. The molecule has 2 aromatic rings. The number of sulfone groups is 1. The molecule has 1 heterocycles. The summed E-state index contributed by atoms with van der Waals surface area (Å²) in [6.45, 7) is 4.97. The number of hydrogen-bond acceptors (Lipinski definition) is 4. The van der Waals surface area contributed by atoms with E-state index in [1.807, 2.05) is 18.2 Å². The first-order valence-corrected chi connectivity index (χ1v) is 12.0. The SMILES string of the molecule is CC1CCC(COc2ccc(S(C)(=O)=O)cc2)CN1CCc1cccc(Cl)c1. The Balaban J connectivity index is 1.51. The number of hydrogen-bond donors (Lipinski definition) is 0. The highest BCUT2D eigenvalue weighted by Crippen LogP contribution is 2.24. The van der Waals surface area contributed by atoms with Gasteiger partial charge in [-0.2, -0.15) is 0 Å². The molecule has 3 rings (SSSR count). The van der Waals surface area contributed by atoms with Crippen molar-refractivity contribution in [2.24, 2.45) is 5.92 Å². The maximum Gasteiger partial charge on any atom is 0.175 e. The third-order valence-corrected chi connectivity index (χ3v) is 6.79. The average molecular weight is 422 g/mol. The van der Waals surface area contributed by atoms with E-state index in [1.165, 1.54) is 11.8 Å². The van der Waals surface area contributed by atoms with Crippen LogP contribution in [0.25, 0.3) is 0 Å². The molecule has 0 bridgehead atoms. The van der Waals surface area contributed by atoms with Gasteiger partial charge in [-0.05, 0) is 68.1 Å². The van der Waals surface area contributed by atoms with Gasteiger partial charge in [-0.25, -0.2) is 8.42 Å². The monoisotopic (exact) mass is 421 g/mol. The summed E-state index contributed by atoms with van der Waals surface area (Å²) in [7, 11) is -3.17. The quantitative estimate of drug-likeness (QED) is 0.661. The standard InChI is InChI=1S/C22H28ClNO3S/c1-17-6-7-19(15-24(17)13-12-18-4-3-5-20(23)14-18)16-27-21-8-10-22(11-9-21)28(2,25)26/h3-5,8-11,14,17,19H,6-7,12-13,15-16H2,1-2H3. The predicted octanol–water partition coefficient (Wildman–Crippen LogP) is 4.47. The maximum absolute atomic E-state index is 11.5. The Labute approximate surface area is 173 Å². The number of rotatable bonds is 7. The summed E-state index contributed by atoms with van der Waals surface area (Å²) in [6.07, 6.45) is 4.52. The second-order valence-electron chi connectivity index (χ2n) is 7.72. The lowest BCUT2D eigenvalue weighted by atomic mass is 9.93. The van der Waals surface area contributed by atoms with Gasteiger partial charge in [-0.1, -0.05) is 23.7 Å². The molecule has 4 nitrogen and oxygen atoms in total. The van der Waals surface area contributed by atoms with Crippen LogP contribution in [0.4, 0.5) is 0 Å². The molecule has 0 aliphatic carbocycles. The zero-order valence-electron chi connectivity index (χ0n) is 16.5. The smallest absolute Gasteiger partial charge is 0.175 e. The Morgan fingerprint density at radius 3 is 2.57 bits per heavy atom. The van der Waals surface area contributed by atoms with Crippen molar-refractivity contribution in [2.45, 2.75) is 37.1 Å². The maximum atomic E-state index is 11.5. The second kappa shape index (κ2) is 9.29. The van der Waals surface area contributed by atoms with Crippen molar-refractivity contribution >= 4 is 21.4 Å². The Hall–Kier alpha value is -1.56. The molecule has 1 fully saturated rings. The first kappa shape index (κ1) is 21.2. The van der Waals surface area contributed by atoms with E-state index in [9.17, 15) is 8.42 Å². The van der Waals surface area contributed by atoms with E-state index in [-0.39, 0.29) is 0 Å². The number of halogens is 1. The molecule has 1 saturated heterocycles. The molecule has 6 heteroatoms. The van der Waals surface area contributed by atoms with Gasteiger partial charge in [-0.3, -0.25) is 4.90 Å². The molecule has 2 aromatic carbocycles. The fourth-order valence-electron chi connectivity index (χ4n) is 3.67. The Morgan fingerprint density at radius 2 is 1.89 bits per heavy atom. The zero-order valence-corrected chi connectivity index (χ0v) is 18.0. The lowest BCUT2D eigenvalue weighted by molar-refractivity contribution is 0.0905. The molecule has 152 valence electrons. The molecule has 1 aliphatic rings. The van der Waals surface area contributed by atoms with Crippen LogP contribution in [0.5, 0.6) is 5.75 Å². The molecule has 1 aliphatic heterocycles. The lowest BCUT2D eigenvalue weighted by Crippen LogP contribution is -2.44. The van der Waals surface area contributed by atoms with Crippen LogP contribution in [0, 0.1) is 5.92 Å². The molecule has 2 unspecified atom stereocenters. The van der Waals surface area contributed by atoms with Crippen LogP contribution in [-0.4, -0.2) is 45.3 Å². The minimum absolute atomic E-state index is 0.318. The topological polar surface area (TPSA) is 46.6 Å². The second-order valence-corrected chi connectivity index (χ2v) is 10.2. The van der Waals surface area contributed by atoms with Crippen LogP contribution in [0.1, 0.15) is 25.3 Å². The fraction of sp³-hybridized carbons (Fsp3) is 0.455. The highest BCUT2D eigenvalue weighted by atomic mass is 35.5. The fourth-order valence-corrected chi connectivity index (χ4v) is 4.52. The van der Waals surface area contributed by atoms with E-state index in [0.717, 1.165) is 43.1 Å². The van der Waals surface area contributed by atoms with Crippen LogP contribution >= 0.6 is 11.6 Å². The van der Waals surface area contributed by atoms with Gasteiger partial charge >= 0.3 is 0 Å². The summed E-state index contributed by atoms with van der Waals surface area (Å²) in [5.41, 5.74) is 1.27. The van der Waals surface area contributed by atoms with Crippen LogP contribution in [0.3, 0.4) is 0 Å². The van der Waals surface area contributed by atoms with Crippen molar-refractivity contribution in [3.8, 4) is 5.75 Å². The molecule has 0 N–H and O–H groups in total. The van der Waals surface area contributed by atoms with Crippen molar-refractivity contribution in [1.82, 2.24) is 4.90 Å². The summed E-state index contributed by atoms with van der Waals surface area (Å²) in [4.78, 5) is 2.85. The summed E-state index contributed by atoms with van der Waals surface area (Å²) in [5, 5.41) is 0.789. The van der Waals surface area contributed by atoms with Gasteiger partial charge in [0.15, 0.2) is 9.84 Å². The van der Waals surface area contributed by atoms with Crippen molar-refractivity contribution in [2.75, 3.05) is 26.0 Å². The summed E-state index contributed by atoms with van der Waals surface area (Å²) >= 11 is 6.09. The van der Waals surface area contributed by atoms with Crippen molar-refractivity contribution in [1.29, 1.82) is 0 Å². The highest BCUT2D eigenvalue weighted by Gasteiger charge is 2.25. The van der Waals surface area contributed by atoms with Gasteiger partial charge in [0.05, 0.1) is 11.5 Å². The number of ether oxygens (including phenoxy) is 1. The first-order chi connectivity index (χ1) is 13.3. The van der Waals surface area contributed by atoms with Crippen LogP contribution in [-0.2, 0) is 16.3 Å². The van der Waals surface area contributed by atoms with Gasteiger partial charge in [0.1, 0.15) is 5.75 Å². The van der Waals surface area contributed by atoms with Gasteiger partial charge < -0.3 is 4.74 Å². The van der Waals surface area contributed by atoms with Crippen LogP contribution in [0.15, 0.2) is 53.4 Å². The van der Waals surface area contributed by atoms with E-state index in [2.05, 4.69) is 17.9 Å². The Morgan fingerprint density at radius 1 is 1.14 bits per heavy atom. The predicted molar refractivity (Wildman–Crippen MR) is 114 cm³/mol. The van der Waals surface area contributed by atoms with E-state index in [1.54, 1.807) is 24.3 Å². The van der Waals surface area contributed by atoms with Gasteiger partial charge in [0.25, 0.3) is 0 Å². The van der Waals surface area contributed by atoms with Gasteiger partial charge in [0.2, 0.25) is 0 Å². The minimum atomic E-state index is -3.17. The van der Waals surface area contributed by atoms with E-state index < -0.39 is 9.84 Å². The Kier molecular flexibility index (Phi) is 7.02. The normalized spacial score (nSPS) is 20.8. The number of benzene rings is 2. The highest BCUT2D eigenvalue weighted by molar-refractivity contribution is 7.90. The van der Waals surface area contributed by atoms with Crippen LogP contribution < -0.4 is 4.74 Å². The van der Waals surface area contributed by atoms with E-state index in [4.69, 9.17) is 16.3 Å². The molecule has 0 amide bonds. The van der Waals surface area contributed by atoms with Crippen molar-refractivity contribution in [3.63, 3.8) is 0 Å². The average Bonchev–Trinajstić information content (AvgIpc) is 2.66. The molecule has 0 spiro atoms. The largest absolute Gasteiger partial charge is 0.493 e. The molecule has 2 atom stereocenters. The van der Waals surface area contributed by atoms with Gasteiger partial charge in [-0.15, -0.1) is 0 Å². The molecular formula is C22H28ClNO3S.